The smallest absolute Gasteiger partial charge is 0.209 e. The number of halogens is 4. The maximum absolute atomic E-state index is 13.7. The zero-order valence-electron chi connectivity index (χ0n) is 8.64. The second kappa shape index (κ2) is 4.95. The minimum atomic E-state index is -1.05. The first-order chi connectivity index (χ1) is 8.41. The number of benzene rings is 1. The largest absolute Gasteiger partial charge is 0.396 e. The fraction of sp³-hybridized carbons (Fsp3) is 0. The van der Waals surface area contributed by atoms with Crippen molar-refractivity contribution in [1.82, 2.24) is 0 Å². The summed E-state index contributed by atoms with van der Waals surface area (Å²) in [7, 11) is 0. The first kappa shape index (κ1) is 13.5. The molecule has 0 saturated carbocycles. The number of hydrogen-bond donors (Lipinski definition) is 1. The summed E-state index contributed by atoms with van der Waals surface area (Å²) in [6.45, 7) is 0. The average molecular weight is 353 g/mol. The lowest BCUT2D eigenvalue weighted by molar-refractivity contribution is 0.103. The first-order valence-electron chi connectivity index (χ1n) is 4.65. The van der Waals surface area contributed by atoms with E-state index in [-0.39, 0.29) is 10.6 Å². The van der Waals surface area contributed by atoms with Crippen molar-refractivity contribution in [3.05, 3.63) is 49.1 Å². The zero-order chi connectivity index (χ0) is 13.4. The summed E-state index contributed by atoms with van der Waals surface area (Å²) in [5.74, 6) is -2.79. The number of anilines is 1. The molecule has 0 saturated heterocycles. The van der Waals surface area contributed by atoms with Crippen LogP contribution in [-0.4, -0.2) is 5.78 Å². The molecule has 7 heteroatoms. The van der Waals surface area contributed by atoms with Crippen LogP contribution in [0.1, 0.15) is 15.2 Å². The van der Waals surface area contributed by atoms with E-state index >= 15 is 0 Å². The van der Waals surface area contributed by atoms with E-state index in [4.69, 9.17) is 17.3 Å². The van der Waals surface area contributed by atoms with Crippen molar-refractivity contribution in [2.45, 2.75) is 0 Å². The van der Waals surface area contributed by atoms with Gasteiger partial charge in [0, 0.05) is 0 Å². The van der Waals surface area contributed by atoms with E-state index < -0.39 is 23.0 Å². The molecule has 94 valence electrons. The number of hydrogen-bond acceptors (Lipinski definition) is 3. The molecule has 0 fully saturated rings. The molecule has 0 atom stereocenters. The number of carbonyl (C=O) groups excluding carboxylic acids is 1. The third-order valence-electron chi connectivity index (χ3n) is 2.22. The average Bonchev–Trinajstić information content (AvgIpc) is 2.65. The van der Waals surface area contributed by atoms with Crippen LogP contribution in [0.25, 0.3) is 0 Å². The summed E-state index contributed by atoms with van der Waals surface area (Å²) >= 11 is 9.90. The van der Waals surface area contributed by atoms with Crippen LogP contribution in [0.2, 0.25) is 5.02 Å². The van der Waals surface area contributed by atoms with Gasteiger partial charge in [0.25, 0.3) is 0 Å². The second-order valence-corrected chi connectivity index (χ2v) is 6.16. The number of carbonyl (C=O) groups is 1. The fourth-order valence-corrected chi connectivity index (χ4v) is 3.01. The van der Waals surface area contributed by atoms with Gasteiger partial charge in [-0.2, -0.15) is 0 Å². The Balaban J connectivity index is 2.56. The van der Waals surface area contributed by atoms with Crippen LogP contribution in [0.15, 0.2) is 22.0 Å². The molecule has 0 unspecified atom stereocenters. The Morgan fingerprint density at radius 3 is 2.61 bits per heavy atom. The minimum absolute atomic E-state index is 0.135. The molecule has 18 heavy (non-hydrogen) atoms. The summed E-state index contributed by atoms with van der Waals surface area (Å²) in [5.41, 5.74) is 4.37. The van der Waals surface area contributed by atoms with Crippen LogP contribution in [0.5, 0.6) is 0 Å². The Morgan fingerprint density at radius 1 is 1.39 bits per heavy atom. The highest BCUT2D eigenvalue weighted by Gasteiger charge is 2.23. The van der Waals surface area contributed by atoms with Crippen LogP contribution >= 0.6 is 38.9 Å². The maximum atomic E-state index is 13.7. The van der Waals surface area contributed by atoms with Crippen LogP contribution in [0.3, 0.4) is 0 Å². The monoisotopic (exact) mass is 351 g/mol. The van der Waals surface area contributed by atoms with Crippen molar-refractivity contribution in [2.75, 3.05) is 5.73 Å². The van der Waals surface area contributed by atoms with Crippen molar-refractivity contribution >= 4 is 50.3 Å². The Labute approximate surface area is 118 Å². The van der Waals surface area contributed by atoms with E-state index in [1.807, 2.05) is 0 Å². The number of rotatable bonds is 2. The molecule has 0 radical (unpaired) electrons. The molecular formula is C11H5BrClF2NOS. The molecule has 0 spiro atoms. The third-order valence-corrected chi connectivity index (χ3v) is 4.69. The van der Waals surface area contributed by atoms with E-state index in [1.54, 1.807) is 0 Å². The summed E-state index contributed by atoms with van der Waals surface area (Å²) < 4.78 is 27.7. The van der Waals surface area contributed by atoms with Gasteiger partial charge in [-0.05, 0) is 34.1 Å². The lowest BCUT2D eigenvalue weighted by Crippen LogP contribution is -2.08. The van der Waals surface area contributed by atoms with Gasteiger partial charge >= 0.3 is 0 Å². The summed E-state index contributed by atoms with van der Waals surface area (Å²) in [5, 5.41) is 0.313. The van der Waals surface area contributed by atoms with E-state index in [0.29, 0.717) is 8.81 Å². The van der Waals surface area contributed by atoms with Gasteiger partial charge in [0.2, 0.25) is 5.78 Å². The molecule has 0 amide bonds. The zero-order valence-corrected chi connectivity index (χ0v) is 11.8. The topological polar surface area (TPSA) is 43.1 Å². The maximum Gasteiger partial charge on any atom is 0.209 e. The molecule has 0 aliphatic rings. The molecule has 0 aliphatic carbocycles. The van der Waals surface area contributed by atoms with Gasteiger partial charge in [0.05, 0.1) is 24.9 Å². The highest BCUT2D eigenvalue weighted by atomic mass is 79.9. The van der Waals surface area contributed by atoms with Gasteiger partial charge in [0.15, 0.2) is 5.82 Å². The van der Waals surface area contributed by atoms with Gasteiger partial charge in [-0.1, -0.05) is 11.6 Å². The lowest BCUT2D eigenvalue weighted by Gasteiger charge is -2.04. The summed E-state index contributed by atoms with van der Waals surface area (Å²) in [6, 6.07) is 3.37. The quantitative estimate of drug-likeness (QED) is 0.648. The number of ketones is 1. The normalized spacial score (nSPS) is 10.7. The van der Waals surface area contributed by atoms with Crippen LogP contribution in [0, 0.1) is 11.6 Å². The van der Waals surface area contributed by atoms with Crippen molar-refractivity contribution < 1.29 is 13.6 Å². The fourth-order valence-electron chi connectivity index (χ4n) is 1.36. The summed E-state index contributed by atoms with van der Waals surface area (Å²) in [4.78, 5) is 12.1. The van der Waals surface area contributed by atoms with Crippen LogP contribution < -0.4 is 5.73 Å². The lowest BCUT2D eigenvalue weighted by atomic mass is 10.1. The third kappa shape index (κ3) is 2.28. The standard InChI is InChI=1S/C11H5BrClF2NOS/c12-11-4(13)3-7(18-11)10(17)8-5(14)1-2-6(16)9(8)15/h1-3H,16H2. The van der Waals surface area contributed by atoms with E-state index in [2.05, 4.69) is 15.9 Å². The minimum Gasteiger partial charge on any atom is -0.396 e. The second-order valence-electron chi connectivity index (χ2n) is 3.39. The molecule has 0 aliphatic heterocycles. The van der Waals surface area contributed by atoms with Gasteiger partial charge < -0.3 is 5.73 Å². The Kier molecular flexibility index (Phi) is 3.70. The van der Waals surface area contributed by atoms with Crippen molar-refractivity contribution in [3.63, 3.8) is 0 Å². The highest BCUT2D eigenvalue weighted by molar-refractivity contribution is 9.11. The molecule has 1 aromatic carbocycles. The first-order valence-corrected chi connectivity index (χ1v) is 6.63. The molecule has 2 rings (SSSR count). The van der Waals surface area contributed by atoms with Crippen molar-refractivity contribution in [3.8, 4) is 0 Å². The molecule has 2 N–H and O–H groups in total. The molecule has 1 heterocycles. The van der Waals surface area contributed by atoms with Crippen molar-refractivity contribution in [1.29, 1.82) is 0 Å². The Hall–Kier alpha value is -0.980. The number of nitrogens with two attached hydrogens (primary N) is 1. The molecule has 2 aromatic rings. The Morgan fingerprint density at radius 2 is 2.06 bits per heavy atom. The molecule has 1 aromatic heterocycles. The van der Waals surface area contributed by atoms with E-state index in [9.17, 15) is 13.6 Å². The van der Waals surface area contributed by atoms with E-state index in [0.717, 1.165) is 23.5 Å². The SMILES string of the molecule is Nc1ccc(F)c(C(=O)c2cc(Cl)c(Br)s2)c1F. The highest BCUT2D eigenvalue weighted by Crippen LogP contribution is 2.34. The predicted molar refractivity (Wildman–Crippen MR) is 71.2 cm³/mol. The molecule has 0 bridgehead atoms. The predicted octanol–water partition coefficient (Wildman–Crippen LogP) is 4.26. The molecular weight excluding hydrogens is 348 g/mol. The van der Waals surface area contributed by atoms with Crippen molar-refractivity contribution in [2.24, 2.45) is 0 Å². The van der Waals surface area contributed by atoms with Crippen LogP contribution in [-0.2, 0) is 0 Å². The van der Waals surface area contributed by atoms with E-state index in [1.165, 1.54) is 6.07 Å². The number of nitrogen functional groups attached to an aromatic ring is 1. The molecule has 2 nitrogen and oxygen atoms in total. The number of thiophene rings is 1. The Bertz CT molecular complexity index is 625. The van der Waals surface area contributed by atoms with Crippen LogP contribution in [0.4, 0.5) is 14.5 Å². The summed E-state index contributed by atoms with van der Waals surface area (Å²) in [6.07, 6.45) is 0. The van der Waals surface area contributed by atoms with Gasteiger partial charge in [-0.15, -0.1) is 11.3 Å². The van der Waals surface area contributed by atoms with Gasteiger partial charge in [0.1, 0.15) is 5.82 Å². The van der Waals surface area contributed by atoms with Gasteiger partial charge in [-0.3, -0.25) is 4.79 Å². The van der Waals surface area contributed by atoms with Gasteiger partial charge in [-0.25, -0.2) is 8.78 Å².